The molecule has 0 aromatic heterocycles. The topological polar surface area (TPSA) is 66.5 Å². The van der Waals surface area contributed by atoms with Crippen LogP contribution in [0.1, 0.15) is 21.5 Å². The fourth-order valence-corrected chi connectivity index (χ4v) is 4.19. The van der Waals surface area contributed by atoms with Gasteiger partial charge in [0.15, 0.2) is 0 Å². The van der Waals surface area contributed by atoms with Crippen LogP contribution in [0.15, 0.2) is 48.5 Å². The quantitative estimate of drug-likeness (QED) is 0.884. The van der Waals surface area contributed by atoms with Gasteiger partial charge in [-0.15, -0.1) is 0 Å². The van der Waals surface area contributed by atoms with Crippen molar-refractivity contribution in [1.82, 2.24) is 9.62 Å². The molecular weight excluding hydrogens is 343 g/mol. The van der Waals surface area contributed by atoms with E-state index in [0.717, 1.165) is 11.6 Å². The van der Waals surface area contributed by atoms with Crippen LogP contribution in [0.5, 0.6) is 0 Å². The van der Waals surface area contributed by atoms with Crippen LogP contribution in [0.4, 0.5) is 4.39 Å². The summed E-state index contributed by atoms with van der Waals surface area (Å²) in [5, 5.41) is 2.53. The third-order valence-electron chi connectivity index (χ3n) is 4.22. The van der Waals surface area contributed by atoms with Crippen molar-refractivity contribution < 1.29 is 17.6 Å². The van der Waals surface area contributed by atoms with Gasteiger partial charge >= 0.3 is 0 Å². The zero-order valence-electron chi connectivity index (χ0n) is 13.6. The molecule has 2 aromatic rings. The van der Waals surface area contributed by atoms with Crippen LogP contribution in [-0.2, 0) is 23.0 Å². The Morgan fingerprint density at radius 3 is 2.64 bits per heavy atom. The van der Waals surface area contributed by atoms with Crippen LogP contribution in [0.3, 0.4) is 0 Å². The molecule has 0 saturated carbocycles. The van der Waals surface area contributed by atoms with Crippen molar-refractivity contribution in [3.63, 3.8) is 0 Å². The summed E-state index contributed by atoms with van der Waals surface area (Å²) < 4.78 is 39.5. The summed E-state index contributed by atoms with van der Waals surface area (Å²) in [5.74, 6) is -1.18. The highest BCUT2D eigenvalue weighted by atomic mass is 32.2. The minimum absolute atomic E-state index is 0.0180. The molecule has 0 atom stereocenters. The van der Waals surface area contributed by atoms with E-state index in [1.165, 1.54) is 28.1 Å². The molecule has 1 aliphatic heterocycles. The second kappa shape index (κ2) is 7.33. The standard InChI is InChI=1S/C18H19FN2O3S/c19-17-7-3-6-15(12-17)18(22)20-9-11-25(23,24)21-10-8-14-4-1-2-5-16(14)13-21/h1-7,12H,8-11,13H2,(H,20,22). The number of benzene rings is 2. The Morgan fingerprint density at radius 1 is 1.12 bits per heavy atom. The fraction of sp³-hybridized carbons (Fsp3) is 0.278. The maximum Gasteiger partial charge on any atom is 0.251 e. The molecule has 2 aromatic carbocycles. The average molecular weight is 362 g/mol. The van der Waals surface area contributed by atoms with Crippen molar-refractivity contribution in [3.8, 4) is 0 Å². The van der Waals surface area contributed by atoms with Gasteiger partial charge in [0.25, 0.3) is 5.91 Å². The van der Waals surface area contributed by atoms with Crippen molar-refractivity contribution in [1.29, 1.82) is 0 Å². The van der Waals surface area contributed by atoms with Crippen molar-refractivity contribution in [2.75, 3.05) is 18.8 Å². The summed E-state index contributed by atoms with van der Waals surface area (Å²) in [6, 6.07) is 13.1. The van der Waals surface area contributed by atoms with Gasteiger partial charge in [-0.25, -0.2) is 12.8 Å². The second-order valence-electron chi connectivity index (χ2n) is 5.93. The first-order valence-electron chi connectivity index (χ1n) is 8.04. The van der Waals surface area contributed by atoms with Crippen molar-refractivity contribution >= 4 is 15.9 Å². The number of hydrogen-bond acceptors (Lipinski definition) is 3. The molecule has 1 heterocycles. The van der Waals surface area contributed by atoms with E-state index in [4.69, 9.17) is 0 Å². The molecule has 0 aliphatic carbocycles. The second-order valence-corrected chi connectivity index (χ2v) is 8.02. The molecule has 7 heteroatoms. The van der Waals surface area contributed by atoms with E-state index in [1.54, 1.807) is 0 Å². The van der Waals surface area contributed by atoms with E-state index in [-0.39, 0.29) is 17.9 Å². The lowest BCUT2D eigenvalue weighted by Crippen LogP contribution is -2.40. The maximum atomic E-state index is 13.1. The molecule has 0 spiro atoms. The molecule has 0 saturated heterocycles. The van der Waals surface area contributed by atoms with Gasteiger partial charge < -0.3 is 5.32 Å². The largest absolute Gasteiger partial charge is 0.351 e. The Hall–Kier alpha value is -2.25. The highest BCUT2D eigenvalue weighted by Gasteiger charge is 2.26. The van der Waals surface area contributed by atoms with Gasteiger partial charge in [-0.05, 0) is 35.7 Å². The lowest BCUT2D eigenvalue weighted by atomic mass is 10.0. The normalized spacial score (nSPS) is 14.8. The summed E-state index contributed by atoms with van der Waals surface area (Å²) in [6.07, 6.45) is 0.686. The highest BCUT2D eigenvalue weighted by Crippen LogP contribution is 2.20. The van der Waals surface area contributed by atoms with Crippen molar-refractivity contribution in [3.05, 3.63) is 71.0 Å². The molecule has 1 aliphatic rings. The minimum Gasteiger partial charge on any atom is -0.351 e. The van der Waals surface area contributed by atoms with Gasteiger partial charge in [-0.1, -0.05) is 30.3 Å². The first kappa shape index (κ1) is 17.6. The van der Waals surface area contributed by atoms with Crippen LogP contribution in [-0.4, -0.2) is 37.5 Å². The average Bonchev–Trinajstić information content (AvgIpc) is 2.61. The van der Waals surface area contributed by atoms with Gasteiger partial charge in [0, 0.05) is 25.2 Å². The minimum atomic E-state index is -3.47. The Balaban J connectivity index is 1.57. The molecular formula is C18H19FN2O3S. The predicted octanol–water partition coefficient (Wildman–Crippen LogP) is 1.94. The number of nitrogens with one attached hydrogen (secondary N) is 1. The number of carbonyl (C=O) groups is 1. The molecule has 3 rings (SSSR count). The summed E-state index contributed by atoms with van der Waals surface area (Å²) >= 11 is 0. The first-order chi connectivity index (χ1) is 12.0. The summed E-state index contributed by atoms with van der Waals surface area (Å²) in [7, 11) is -3.47. The van der Waals surface area contributed by atoms with E-state index in [9.17, 15) is 17.6 Å². The van der Waals surface area contributed by atoms with Crippen LogP contribution in [0.2, 0.25) is 0 Å². The van der Waals surface area contributed by atoms with E-state index in [2.05, 4.69) is 5.32 Å². The number of fused-ring (bicyclic) bond motifs is 1. The van der Waals surface area contributed by atoms with E-state index >= 15 is 0 Å². The fourth-order valence-electron chi connectivity index (χ4n) is 2.86. The molecule has 0 fully saturated rings. The number of nitrogens with zero attached hydrogens (tertiary/aromatic N) is 1. The van der Waals surface area contributed by atoms with Gasteiger partial charge in [0.1, 0.15) is 5.82 Å². The van der Waals surface area contributed by atoms with Crippen LogP contribution in [0, 0.1) is 5.82 Å². The van der Waals surface area contributed by atoms with Gasteiger partial charge in [0.05, 0.1) is 5.75 Å². The highest BCUT2D eigenvalue weighted by molar-refractivity contribution is 7.89. The Bertz CT molecular complexity index is 883. The zero-order valence-corrected chi connectivity index (χ0v) is 14.4. The summed E-state index contributed by atoms with van der Waals surface area (Å²) in [4.78, 5) is 11.9. The molecule has 1 N–H and O–H groups in total. The number of carbonyl (C=O) groups excluding carboxylic acids is 1. The summed E-state index contributed by atoms with van der Waals surface area (Å²) in [5.41, 5.74) is 2.36. The van der Waals surface area contributed by atoms with E-state index in [0.29, 0.717) is 19.5 Å². The Kier molecular flexibility index (Phi) is 5.15. The van der Waals surface area contributed by atoms with E-state index < -0.39 is 21.7 Å². The third-order valence-corrected chi connectivity index (χ3v) is 6.04. The lowest BCUT2D eigenvalue weighted by molar-refractivity contribution is 0.0955. The van der Waals surface area contributed by atoms with Crippen molar-refractivity contribution in [2.24, 2.45) is 0 Å². The molecule has 1 amide bonds. The van der Waals surface area contributed by atoms with Gasteiger partial charge in [0.2, 0.25) is 10.0 Å². The predicted molar refractivity (Wildman–Crippen MR) is 93.1 cm³/mol. The molecule has 0 radical (unpaired) electrons. The van der Waals surface area contributed by atoms with Crippen LogP contribution < -0.4 is 5.32 Å². The maximum absolute atomic E-state index is 13.1. The summed E-state index contributed by atoms with van der Waals surface area (Å²) in [6.45, 7) is 0.781. The third kappa shape index (κ3) is 4.24. The number of rotatable bonds is 5. The number of amides is 1. The zero-order chi connectivity index (χ0) is 17.9. The molecule has 25 heavy (non-hydrogen) atoms. The molecule has 5 nitrogen and oxygen atoms in total. The number of hydrogen-bond donors (Lipinski definition) is 1. The molecule has 132 valence electrons. The molecule has 0 unspecified atom stereocenters. The van der Waals surface area contributed by atoms with Crippen LogP contribution >= 0.6 is 0 Å². The monoisotopic (exact) mass is 362 g/mol. The lowest BCUT2D eigenvalue weighted by Gasteiger charge is -2.28. The first-order valence-corrected chi connectivity index (χ1v) is 9.65. The smallest absolute Gasteiger partial charge is 0.251 e. The van der Waals surface area contributed by atoms with Crippen molar-refractivity contribution in [2.45, 2.75) is 13.0 Å². The van der Waals surface area contributed by atoms with Gasteiger partial charge in [-0.3, -0.25) is 4.79 Å². The van der Waals surface area contributed by atoms with Gasteiger partial charge in [-0.2, -0.15) is 4.31 Å². The SMILES string of the molecule is O=C(NCCS(=O)(=O)N1CCc2ccccc2C1)c1cccc(F)c1. The Morgan fingerprint density at radius 2 is 1.88 bits per heavy atom. The van der Waals surface area contributed by atoms with Crippen LogP contribution in [0.25, 0.3) is 0 Å². The Labute approximate surface area is 146 Å². The van der Waals surface area contributed by atoms with E-state index in [1.807, 2.05) is 24.3 Å². The number of sulfonamides is 1. The number of halogens is 1. The molecule has 0 bridgehead atoms.